The molecule has 3 aromatic carbocycles. The summed E-state index contributed by atoms with van der Waals surface area (Å²) < 4.78 is 11.7. The molecule has 0 aliphatic heterocycles. The highest BCUT2D eigenvalue weighted by Gasteiger charge is 2.11. The summed E-state index contributed by atoms with van der Waals surface area (Å²) in [6.07, 6.45) is -0.608. The maximum atomic E-state index is 10.3. The number of rotatable bonds is 9. The van der Waals surface area contributed by atoms with Crippen molar-refractivity contribution in [3.05, 3.63) is 66.7 Å². The molecular weight excluding hydrogens is 418 g/mol. The van der Waals surface area contributed by atoms with Crippen LogP contribution in [0.1, 0.15) is 0 Å². The van der Waals surface area contributed by atoms with E-state index in [0.717, 1.165) is 32.3 Å². The summed E-state index contributed by atoms with van der Waals surface area (Å²) in [5.41, 5.74) is 0.910. The first-order chi connectivity index (χ1) is 14.7. The molecule has 1 atom stereocenters. The molecule has 1 aromatic heterocycles. The summed E-state index contributed by atoms with van der Waals surface area (Å²) in [6.45, 7) is 0.223. The Morgan fingerprint density at radius 1 is 1.00 bits per heavy atom. The fraction of sp³-hybridized carbons (Fsp3) is 0.182. The molecule has 0 radical (unpaired) electrons. The predicted octanol–water partition coefficient (Wildman–Crippen LogP) is 4.98. The first-order valence-electron chi connectivity index (χ1n) is 9.36. The standard InChI is InChI=1S/C22H21N3O3S2/c1-27-19-10-7-17(8-11-19)23-21-24-25-22(30-21)29-14-18(26)13-28-20-9-6-15-4-2-3-5-16(15)12-20/h2-12,18,26H,13-14H2,1H3,(H,23,24). The molecule has 0 amide bonds. The Morgan fingerprint density at radius 2 is 1.77 bits per heavy atom. The monoisotopic (exact) mass is 439 g/mol. The van der Waals surface area contributed by atoms with E-state index in [4.69, 9.17) is 9.47 Å². The van der Waals surface area contributed by atoms with Gasteiger partial charge in [0.2, 0.25) is 5.13 Å². The van der Waals surface area contributed by atoms with Crippen LogP contribution in [0.2, 0.25) is 0 Å². The van der Waals surface area contributed by atoms with Gasteiger partial charge in [0, 0.05) is 11.4 Å². The van der Waals surface area contributed by atoms with E-state index in [1.54, 1.807) is 7.11 Å². The van der Waals surface area contributed by atoms with Crippen LogP contribution in [0.3, 0.4) is 0 Å². The summed E-state index contributed by atoms with van der Waals surface area (Å²) in [5, 5.41) is 24.8. The van der Waals surface area contributed by atoms with Crippen LogP contribution in [0.15, 0.2) is 71.1 Å². The number of hydrogen-bond acceptors (Lipinski definition) is 8. The number of thioether (sulfide) groups is 1. The predicted molar refractivity (Wildman–Crippen MR) is 122 cm³/mol. The molecular formula is C22H21N3O3S2. The topological polar surface area (TPSA) is 76.5 Å². The molecule has 0 fully saturated rings. The fourth-order valence-electron chi connectivity index (χ4n) is 2.78. The zero-order valence-corrected chi connectivity index (χ0v) is 18.0. The zero-order valence-electron chi connectivity index (χ0n) is 16.3. The van der Waals surface area contributed by atoms with E-state index in [0.29, 0.717) is 10.9 Å². The Kier molecular flexibility index (Phi) is 6.68. The number of aromatic nitrogens is 2. The number of benzene rings is 3. The van der Waals surface area contributed by atoms with Crippen molar-refractivity contribution in [3.8, 4) is 11.5 Å². The van der Waals surface area contributed by atoms with Crippen molar-refractivity contribution in [2.75, 3.05) is 24.8 Å². The highest BCUT2D eigenvalue weighted by atomic mass is 32.2. The van der Waals surface area contributed by atoms with Gasteiger partial charge in [-0.25, -0.2) is 0 Å². The Balaban J connectivity index is 1.24. The summed E-state index contributed by atoms with van der Waals surface area (Å²) in [7, 11) is 1.64. The van der Waals surface area contributed by atoms with Gasteiger partial charge in [-0.2, -0.15) is 0 Å². The highest BCUT2D eigenvalue weighted by molar-refractivity contribution is 8.01. The van der Waals surface area contributed by atoms with Gasteiger partial charge in [0.15, 0.2) is 4.34 Å². The number of aliphatic hydroxyl groups excluding tert-OH is 1. The lowest BCUT2D eigenvalue weighted by Gasteiger charge is -2.11. The Bertz CT molecular complexity index is 1100. The van der Waals surface area contributed by atoms with Crippen molar-refractivity contribution in [3.63, 3.8) is 0 Å². The number of nitrogens with zero attached hydrogens (tertiary/aromatic N) is 2. The smallest absolute Gasteiger partial charge is 0.210 e. The summed E-state index contributed by atoms with van der Waals surface area (Å²) in [5.74, 6) is 2.03. The van der Waals surface area contributed by atoms with Gasteiger partial charge in [0.25, 0.3) is 0 Å². The summed E-state index contributed by atoms with van der Waals surface area (Å²) in [4.78, 5) is 0. The van der Waals surface area contributed by atoms with Crippen molar-refractivity contribution < 1.29 is 14.6 Å². The molecule has 1 heterocycles. The maximum absolute atomic E-state index is 10.3. The lowest BCUT2D eigenvalue weighted by Crippen LogP contribution is -2.20. The van der Waals surface area contributed by atoms with E-state index in [9.17, 15) is 5.11 Å². The van der Waals surface area contributed by atoms with Crippen molar-refractivity contribution >= 4 is 44.7 Å². The van der Waals surface area contributed by atoms with Crippen LogP contribution >= 0.6 is 23.1 Å². The molecule has 0 spiro atoms. The lowest BCUT2D eigenvalue weighted by molar-refractivity contribution is 0.126. The number of aliphatic hydroxyl groups is 1. The van der Waals surface area contributed by atoms with E-state index >= 15 is 0 Å². The number of methoxy groups -OCH3 is 1. The lowest BCUT2D eigenvalue weighted by atomic mass is 10.1. The van der Waals surface area contributed by atoms with Crippen molar-refractivity contribution in [2.45, 2.75) is 10.4 Å². The fourth-order valence-corrected chi connectivity index (χ4v) is 4.49. The Labute approximate surface area is 182 Å². The average Bonchev–Trinajstić information content (AvgIpc) is 3.24. The second-order valence-electron chi connectivity index (χ2n) is 6.51. The van der Waals surface area contributed by atoms with Gasteiger partial charge in [0.1, 0.15) is 18.1 Å². The van der Waals surface area contributed by atoms with E-state index < -0.39 is 6.10 Å². The van der Waals surface area contributed by atoms with Crippen LogP contribution in [-0.2, 0) is 0 Å². The van der Waals surface area contributed by atoms with Gasteiger partial charge < -0.3 is 19.9 Å². The Morgan fingerprint density at radius 3 is 2.57 bits per heavy atom. The third kappa shape index (κ3) is 5.41. The third-order valence-electron chi connectivity index (χ3n) is 4.31. The molecule has 8 heteroatoms. The van der Waals surface area contributed by atoms with Crippen LogP contribution in [0.4, 0.5) is 10.8 Å². The van der Waals surface area contributed by atoms with E-state index in [1.165, 1.54) is 23.1 Å². The molecule has 0 bridgehead atoms. The summed E-state index contributed by atoms with van der Waals surface area (Å²) >= 11 is 2.90. The molecule has 0 saturated carbocycles. The maximum Gasteiger partial charge on any atom is 0.210 e. The SMILES string of the molecule is COc1ccc(Nc2nnc(SCC(O)COc3ccc4ccccc4c3)s2)cc1. The molecule has 6 nitrogen and oxygen atoms in total. The Hall–Kier alpha value is -2.81. The third-order valence-corrected chi connectivity index (χ3v) is 6.43. The highest BCUT2D eigenvalue weighted by Crippen LogP contribution is 2.29. The van der Waals surface area contributed by atoms with Crippen molar-refractivity contribution in [1.29, 1.82) is 0 Å². The van der Waals surface area contributed by atoms with Gasteiger partial charge in [-0.15, -0.1) is 10.2 Å². The quantitative estimate of drug-likeness (QED) is 0.356. The molecule has 4 rings (SSSR count). The van der Waals surface area contributed by atoms with E-state index in [1.807, 2.05) is 60.7 Å². The van der Waals surface area contributed by atoms with E-state index in [2.05, 4.69) is 21.6 Å². The number of fused-ring (bicyclic) bond motifs is 1. The largest absolute Gasteiger partial charge is 0.497 e. The van der Waals surface area contributed by atoms with Crippen molar-refractivity contribution in [2.24, 2.45) is 0 Å². The van der Waals surface area contributed by atoms with Crippen molar-refractivity contribution in [1.82, 2.24) is 10.2 Å². The minimum Gasteiger partial charge on any atom is -0.497 e. The van der Waals surface area contributed by atoms with Crippen LogP contribution < -0.4 is 14.8 Å². The number of nitrogens with one attached hydrogen (secondary N) is 1. The van der Waals surface area contributed by atoms with E-state index in [-0.39, 0.29) is 6.61 Å². The molecule has 30 heavy (non-hydrogen) atoms. The zero-order chi connectivity index (χ0) is 20.8. The molecule has 2 N–H and O–H groups in total. The van der Waals surface area contributed by atoms with Crippen LogP contribution in [-0.4, -0.2) is 40.9 Å². The van der Waals surface area contributed by atoms with Crippen LogP contribution in [0.25, 0.3) is 10.8 Å². The molecule has 154 valence electrons. The number of hydrogen-bond donors (Lipinski definition) is 2. The van der Waals surface area contributed by atoms with Gasteiger partial charge in [-0.1, -0.05) is 53.4 Å². The second kappa shape index (κ2) is 9.80. The molecule has 4 aromatic rings. The van der Waals surface area contributed by atoms with Gasteiger partial charge >= 0.3 is 0 Å². The molecule has 0 aliphatic carbocycles. The van der Waals surface area contributed by atoms with Gasteiger partial charge in [-0.3, -0.25) is 0 Å². The first kappa shape index (κ1) is 20.5. The number of anilines is 2. The second-order valence-corrected chi connectivity index (χ2v) is 8.76. The molecule has 0 aliphatic rings. The van der Waals surface area contributed by atoms with Gasteiger partial charge in [0.05, 0.1) is 13.2 Å². The normalized spacial score (nSPS) is 11.9. The summed E-state index contributed by atoms with van der Waals surface area (Å²) in [6, 6.07) is 21.6. The number of ether oxygens (including phenoxy) is 2. The first-order valence-corrected chi connectivity index (χ1v) is 11.2. The minimum absolute atomic E-state index is 0.223. The average molecular weight is 440 g/mol. The molecule has 0 saturated heterocycles. The van der Waals surface area contributed by atoms with Crippen LogP contribution in [0, 0.1) is 0 Å². The van der Waals surface area contributed by atoms with Crippen LogP contribution in [0.5, 0.6) is 11.5 Å². The molecule has 1 unspecified atom stereocenters. The minimum atomic E-state index is -0.608. The van der Waals surface area contributed by atoms with Gasteiger partial charge in [-0.05, 0) is 47.2 Å².